The molecule has 1 aliphatic carbocycles. The molecule has 6 heteroatoms. The highest BCUT2D eigenvalue weighted by atomic mass is 35.5. The lowest BCUT2D eigenvalue weighted by Crippen LogP contribution is -2.33. The number of ether oxygens (including phenoxy) is 1. The number of nitrogens with one attached hydrogen (secondary N) is 1. The Morgan fingerprint density at radius 1 is 1.33 bits per heavy atom. The molecule has 0 saturated heterocycles. The molecule has 0 spiro atoms. The second-order valence-electron chi connectivity index (χ2n) is 5.49. The maximum absolute atomic E-state index is 11.8. The maximum Gasteiger partial charge on any atom is 0.315 e. The summed E-state index contributed by atoms with van der Waals surface area (Å²) in [7, 11) is 0. The molecule has 21 heavy (non-hydrogen) atoms. The van der Waals surface area contributed by atoms with Gasteiger partial charge in [-0.05, 0) is 19.4 Å². The Morgan fingerprint density at radius 2 is 1.90 bits per heavy atom. The van der Waals surface area contributed by atoms with Crippen molar-refractivity contribution in [2.45, 2.75) is 30.6 Å². The van der Waals surface area contributed by atoms with E-state index in [-0.39, 0.29) is 18.6 Å². The van der Waals surface area contributed by atoms with Gasteiger partial charge in [-0.1, -0.05) is 30.3 Å². The SMILES string of the molecule is C[C@H](NC(=O)COC(=O)[C@@]1(C)CC1(Cl)Cl)c1ccccc1. The van der Waals surface area contributed by atoms with E-state index in [0.717, 1.165) is 5.56 Å². The molecule has 4 nitrogen and oxygen atoms in total. The Labute approximate surface area is 133 Å². The Kier molecular flexibility index (Phi) is 4.49. The van der Waals surface area contributed by atoms with Gasteiger partial charge in [0.15, 0.2) is 6.61 Å². The summed E-state index contributed by atoms with van der Waals surface area (Å²) in [5.74, 6) is -0.909. The van der Waals surface area contributed by atoms with Crippen LogP contribution in [-0.4, -0.2) is 22.8 Å². The van der Waals surface area contributed by atoms with Crippen molar-refractivity contribution in [1.29, 1.82) is 0 Å². The molecule has 1 aliphatic rings. The average molecular weight is 330 g/mol. The van der Waals surface area contributed by atoms with E-state index >= 15 is 0 Å². The van der Waals surface area contributed by atoms with Crippen LogP contribution in [0, 0.1) is 5.41 Å². The highest BCUT2D eigenvalue weighted by Crippen LogP contribution is 2.64. The van der Waals surface area contributed by atoms with Crippen LogP contribution in [0.1, 0.15) is 31.9 Å². The summed E-state index contributed by atoms with van der Waals surface area (Å²) in [6.45, 7) is 3.15. The van der Waals surface area contributed by atoms with Crippen LogP contribution in [0.3, 0.4) is 0 Å². The predicted octanol–water partition coefficient (Wildman–Crippen LogP) is 2.99. The van der Waals surface area contributed by atoms with E-state index in [2.05, 4.69) is 5.32 Å². The third-order valence-electron chi connectivity index (χ3n) is 3.72. The van der Waals surface area contributed by atoms with E-state index in [1.165, 1.54) is 0 Å². The summed E-state index contributed by atoms with van der Waals surface area (Å²) in [6, 6.07) is 9.36. The fourth-order valence-corrected chi connectivity index (χ4v) is 2.71. The number of carbonyl (C=O) groups excluding carboxylic acids is 2. The number of alkyl halides is 2. The van der Waals surface area contributed by atoms with Gasteiger partial charge >= 0.3 is 5.97 Å². The van der Waals surface area contributed by atoms with E-state index in [9.17, 15) is 9.59 Å². The Hall–Kier alpha value is -1.26. The molecule has 1 aromatic rings. The molecule has 0 unspecified atom stereocenters. The summed E-state index contributed by atoms with van der Waals surface area (Å²) in [6.07, 6.45) is 0.337. The van der Waals surface area contributed by atoms with Crippen LogP contribution in [-0.2, 0) is 14.3 Å². The maximum atomic E-state index is 11.8. The highest BCUT2D eigenvalue weighted by molar-refractivity contribution is 6.53. The number of halogens is 2. The summed E-state index contributed by atoms with van der Waals surface area (Å²) in [4.78, 5) is 23.6. The fraction of sp³-hybridized carbons (Fsp3) is 0.467. The van der Waals surface area contributed by atoms with Gasteiger partial charge < -0.3 is 10.1 Å². The molecule has 1 amide bonds. The number of esters is 1. The summed E-state index contributed by atoms with van der Waals surface area (Å²) < 4.78 is 3.90. The Balaban J connectivity index is 1.80. The van der Waals surface area contributed by atoms with Gasteiger partial charge in [0.25, 0.3) is 5.91 Å². The number of carbonyl (C=O) groups is 2. The third kappa shape index (κ3) is 3.50. The van der Waals surface area contributed by atoms with Crippen molar-refractivity contribution < 1.29 is 14.3 Å². The molecule has 0 heterocycles. The number of rotatable bonds is 5. The van der Waals surface area contributed by atoms with Gasteiger partial charge in [0.1, 0.15) is 9.75 Å². The Morgan fingerprint density at radius 3 is 2.43 bits per heavy atom. The summed E-state index contributed by atoms with van der Waals surface area (Å²) in [5.41, 5.74) is 0.0633. The second-order valence-corrected chi connectivity index (χ2v) is 6.97. The third-order valence-corrected chi connectivity index (χ3v) is 4.82. The average Bonchev–Trinajstić information content (AvgIpc) is 2.97. The molecule has 0 aliphatic heterocycles. The van der Waals surface area contributed by atoms with Gasteiger partial charge in [-0.15, -0.1) is 23.2 Å². The van der Waals surface area contributed by atoms with Crippen LogP contribution >= 0.6 is 23.2 Å². The van der Waals surface area contributed by atoms with Crippen molar-refractivity contribution in [2.75, 3.05) is 6.61 Å². The zero-order valence-corrected chi connectivity index (χ0v) is 13.4. The number of amides is 1. The first-order valence-electron chi connectivity index (χ1n) is 6.66. The fourth-order valence-electron chi connectivity index (χ4n) is 2.02. The summed E-state index contributed by atoms with van der Waals surface area (Å²) >= 11 is 11.8. The van der Waals surface area contributed by atoms with E-state index in [4.69, 9.17) is 27.9 Å². The van der Waals surface area contributed by atoms with Gasteiger partial charge in [0.2, 0.25) is 0 Å². The van der Waals surface area contributed by atoms with Crippen molar-refractivity contribution in [3.8, 4) is 0 Å². The first kappa shape index (κ1) is 16.1. The molecule has 114 valence electrons. The molecule has 2 atom stereocenters. The first-order valence-corrected chi connectivity index (χ1v) is 7.41. The van der Waals surface area contributed by atoms with Crippen LogP contribution in [0.2, 0.25) is 0 Å². The van der Waals surface area contributed by atoms with Crippen LogP contribution in [0.25, 0.3) is 0 Å². The smallest absolute Gasteiger partial charge is 0.315 e. The van der Waals surface area contributed by atoms with E-state index in [0.29, 0.717) is 6.42 Å². The molecular weight excluding hydrogens is 313 g/mol. The normalized spacial score (nSPS) is 24.0. The first-order chi connectivity index (χ1) is 9.76. The van der Waals surface area contributed by atoms with E-state index in [1.54, 1.807) is 6.92 Å². The monoisotopic (exact) mass is 329 g/mol. The quantitative estimate of drug-likeness (QED) is 0.667. The zero-order valence-electron chi connectivity index (χ0n) is 11.9. The second kappa shape index (κ2) is 5.85. The van der Waals surface area contributed by atoms with Gasteiger partial charge in [-0.2, -0.15) is 0 Å². The van der Waals surface area contributed by atoms with Crippen LogP contribution in [0.4, 0.5) is 0 Å². The molecule has 2 rings (SSSR count). The topological polar surface area (TPSA) is 55.4 Å². The van der Waals surface area contributed by atoms with E-state index in [1.807, 2.05) is 37.3 Å². The van der Waals surface area contributed by atoms with Gasteiger partial charge in [0, 0.05) is 6.42 Å². The standard InChI is InChI=1S/C15H17Cl2NO3/c1-10(11-6-4-3-5-7-11)18-12(19)8-21-13(20)14(2)9-15(14,16)17/h3-7,10H,8-9H2,1-2H3,(H,18,19)/t10-,14+/m0/s1. The van der Waals surface area contributed by atoms with Gasteiger partial charge in [-0.3, -0.25) is 9.59 Å². The minimum Gasteiger partial charge on any atom is -0.455 e. The molecule has 1 saturated carbocycles. The molecule has 0 bridgehead atoms. The predicted molar refractivity (Wildman–Crippen MR) is 81.1 cm³/mol. The molecule has 1 fully saturated rings. The lowest BCUT2D eigenvalue weighted by Gasteiger charge is -2.15. The lowest BCUT2D eigenvalue weighted by atomic mass is 10.1. The molecule has 1 N–H and O–H groups in total. The lowest BCUT2D eigenvalue weighted by molar-refractivity contribution is -0.153. The largest absolute Gasteiger partial charge is 0.455 e. The number of benzene rings is 1. The molecule has 1 aromatic carbocycles. The van der Waals surface area contributed by atoms with E-state index < -0.39 is 15.7 Å². The van der Waals surface area contributed by atoms with Crippen molar-refractivity contribution in [1.82, 2.24) is 5.32 Å². The van der Waals surface area contributed by atoms with Crippen molar-refractivity contribution in [3.63, 3.8) is 0 Å². The van der Waals surface area contributed by atoms with Crippen LogP contribution < -0.4 is 5.32 Å². The van der Waals surface area contributed by atoms with Gasteiger partial charge in [0.05, 0.1) is 6.04 Å². The minimum atomic E-state index is -1.09. The Bertz CT molecular complexity index is 547. The molecule has 0 radical (unpaired) electrons. The van der Waals surface area contributed by atoms with Gasteiger partial charge in [-0.25, -0.2) is 0 Å². The van der Waals surface area contributed by atoms with Crippen LogP contribution in [0.15, 0.2) is 30.3 Å². The van der Waals surface area contributed by atoms with Crippen molar-refractivity contribution >= 4 is 35.1 Å². The van der Waals surface area contributed by atoms with Crippen molar-refractivity contribution in [2.24, 2.45) is 5.41 Å². The van der Waals surface area contributed by atoms with Crippen molar-refractivity contribution in [3.05, 3.63) is 35.9 Å². The molecule has 0 aromatic heterocycles. The summed E-state index contributed by atoms with van der Waals surface area (Å²) in [5, 5.41) is 2.76. The minimum absolute atomic E-state index is 0.158. The number of hydrogen-bond donors (Lipinski definition) is 1. The number of hydrogen-bond acceptors (Lipinski definition) is 3. The highest BCUT2D eigenvalue weighted by Gasteiger charge is 2.69. The van der Waals surface area contributed by atoms with Crippen LogP contribution in [0.5, 0.6) is 0 Å². The zero-order chi connectivity index (χ0) is 15.7. The molecular formula is C15H17Cl2NO3.